The second-order valence-electron chi connectivity index (χ2n) is 20.9. The SMILES string of the molecule is CC(C)(C)CC(C)(C)C.CC(C)(C)CC1(O)CCCC1.CC1CCCCC1C(C)(C)C.CC1CCCCC1C(C)(C)C. The van der Waals surface area contributed by atoms with E-state index in [4.69, 9.17) is 0 Å². The first kappa shape index (κ1) is 42.0. The topological polar surface area (TPSA) is 20.2 Å². The maximum Gasteiger partial charge on any atom is 0.0652 e. The fraction of sp³-hybridized carbons (Fsp3) is 1.00. The molecule has 0 radical (unpaired) electrons. The molecule has 42 heavy (non-hydrogen) atoms. The Hall–Kier alpha value is -0.0400. The second-order valence-corrected chi connectivity index (χ2v) is 20.9. The molecule has 0 amide bonds. The van der Waals surface area contributed by atoms with Gasteiger partial charge in [0.1, 0.15) is 0 Å². The van der Waals surface area contributed by atoms with Gasteiger partial charge in [0.05, 0.1) is 5.60 Å². The first-order chi connectivity index (χ1) is 18.7. The molecule has 3 rings (SSSR count). The summed E-state index contributed by atoms with van der Waals surface area (Å²) in [6, 6.07) is 0. The second kappa shape index (κ2) is 17.0. The van der Waals surface area contributed by atoms with Crippen LogP contribution in [0.1, 0.15) is 208 Å². The van der Waals surface area contributed by atoms with Crippen LogP contribution in [0.2, 0.25) is 0 Å². The summed E-state index contributed by atoms with van der Waals surface area (Å²) in [7, 11) is 0. The van der Waals surface area contributed by atoms with Crippen LogP contribution in [0.5, 0.6) is 0 Å². The predicted octanol–water partition coefficient (Wildman–Crippen LogP) is 13.9. The highest BCUT2D eigenvalue weighted by molar-refractivity contribution is 4.88. The smallest absolute Gasteiger partial charge is 0.0652 e. The van der Waals surface area contributed by atoms with Crippen molar-refractivity contribution in [3.05, 3.63) is 0 Å². The predicted molar refractivity (Wildman–Crippen MR) is 192 cm³/mol. The lowest BCUT2D eigenvalue weighted by atomic mass is 9.67. The van der Waals surface area contributed by atoms with Gasteiger partial charge in [-0.2, -0.15) is 0 Å². The van der Waals surface area contributed by atoms with E-state index in [1.165, 1.54) is 70.6 Å². The van der Waals surface area contributed by atoms with E-state index in [-0.39, 0.29) is 11.0 Å². The van der Waals surface area contributed by atoms with Gasteiger partial charge in [0.2, 0.25) is 0 Å². The van der Waals surface area contributed by atoms with Crippen molar-refractivity contribution in [3.63, 3.8) is 0 Å². The third kappa shape index (κ3) is 20.1. The van der Waals surface area contributed by atoms with Crippen molar-refractivity contribution in [3.8, 4) is 0 Å². The van der Waals surface area contributed by atoms with E-state index >= 15 is 0 Å². The van der Waals surface area contributed by atoms with Crippen molar-refractivity contribution >= 4 is 0 Å². The van der Waals surface area contributed by atoms with Crippen LogP contribution in [0, 0.1) is 50.7 Å². The monoisotopic (exact) mass is 593 g/mol. The lowest BCUT2D eigenvalue weighted by molar-refractivity contribution is 0.00829. The molecule has 0 aliphatic heterocycles. The standard InChI is InChI=1S/2C11H22.C10H20O.C9H20/c2*1-9-7-5-6-8-10(9)11(2,3)4;1-9(2,3)8-10(11)6-4-5-7-10;1-8(2,3)7-9(4,5)6/h2*9-10H,5-8H2,1-4H3;11H,4-8H2,1-3H3;7H2,1-6H3. The molecule has 3 saturated carbocycles. The summed E-state index contributed by atoms with van der Waals surface area (Å²) in [5.74, 6) is 3.86. The van der Waals surface area contributed by atoms with Crippen LogP contribution in [-0.2, 0) is 0 Å². The largest absolute Gasteiger partial charge is 0.390 e. The maximum atomic E-state index is 10.0. The molecule has 0 heterocycles. The fourth-order valence-electron chi connectivity index (χ4n) is 8.99. The van der Waals surface area contributed by atoms with Gasteiger partial charge in [0.25, 0.3) is 0 Å². The molecule has 254 valence electrons. The Morgan fingerprint density at radius 3 is 0.976 bits per heavy atom. The molecule has 4 atom stereocenters. The summed E-state index contributed by atoms with van der Waals surface area (Å²) in [5, 5.41) is 10.0. The van der Waals surface area contributed by atoms with Crippen molar-refractivity contribution in [1.82, 2.24) is 0 Å². The Bertz CT molecular complexity index is 646. The summed E-state index contributed by atoms with van der Waals surface area (Å²) < 4.78 is 0. The molecule has 0 saturated heterocycles. The molecule has 3 aliphatic carbocycles. The van der Waals surface area contributed by atoms with Crippen LogP contribution < -0.4 is 0 Å². The molecule has 3 aliphatic rings. The van der Waals surface area contributed by atoms with Gasteiger partial charge < -0.3 is 5.11 Å². The first-order valence-electron chi connectivity index (χ1n) is 18.4. The average Bonchev–Trinajstić information content (AvgIpc) is 3.15. The van der Waals surface area contributed by atoms with Crippen molar-refractivity contribution in [1.29, 1.82) is 0 Å². The Morgan fingerprint density at radius 2 is 0.786 bits per heavy atom. The summed E-state index contributed by atoms with van der Waals surface area (Å²) in [4.78, 5) is 0. The van der Waals surface area contributed by atoms with Gasteiger partial charge >= 0.3 is 0 Å². The molecule has 0 spiro atoms. The lowest BCUT2D eigenvalue weighted by Gasteiger charge is -2.38. The van der Waals surface area contributed by atoms with Crippen molar-refractivity contribution in [2.45, 2.75) is 213 Å². The molecule has 4 unspecified atom stereocenters. The number of hydrogen-bond acceptors (Lipinski definition) is 1. The molecule has 0 aromatic rings. The highest BCUT2D eigenvalue weighted by Gasteiger charge is 2.35. The van der Waals surface area contributed by atoms with Gasteiger partial charge in [-0.05, 0) is 89.3 Å². The quantitative estimate of drug-likeness (QED) is 0.321. The van der Waals surface area contributed by atoms with E-state index < -0.39 is 0 Å². The number of rotatable bonds is 1. The zero-order valence-corrected chi connectivity index (χ0v) is 32.7. The van der Waals surface area contributed by atoms with E-state index in [9.17, 15) is 5.11 Å². The van der Waals surface area contributed by atoms with Crippen LogP contribution in [0.15, 0.2) is 0 Å². The van der Waals surface area contributed by atoms with Crippen molar-refractivity contribution < 1.29 is 5.11 Å². The van der Waals surface area contributed by atoms with E-state index in [0.717, 1.165) is 42.9 Å². The highest BCUT2D eigenvalue weighted by atomic mass is 16.3. The summed E-state index contributed by atoms with van der Waals surface area (Å²) in [6.45, 7) is 39.5. The minimum Gasteiger partial charge on any atom is -0.390 e. The zero-order chi connectivity index (χ0) is 33.2. The van der Waals surface area contributed by atoms with Crippen LogP contribution in [-0.4, -0.2) is 10.7 Å². The fourth-order valence-corrected chi connectivity index (χ4v) is 8.99. The Balaban J connectivity index is 0.000000536. The van der Waals surface area contributed by atoms with Crippen LogP contribution in [0.4, 0.5) is 0 Å². The third-order valence-electron chi connectivity index (χ3n) is 9.90. The minimum atomic E-state index is -0.321. The van der Waals surface area contributed by atoms with Gasteiger partial charge in [0.15, 0.2) is 0 Å². The Kier molecular flexibility index (Phi) is 17.0. The minimum absolute atomic E-state index is 0.277. The molecule has 1 heteroatoms. The third-order valence-corrected chi connectivity index (χ3v) is 9.90. The molecular weight excluding hydrogens is 508 g/mol. The van der Waals surface area contributed by atoms with Gasteiger partial charge in [-0.15, -0.1) is 0 Å². The maximum absolute atomic E-state index is 10.0. The van der Waals surface area contributed by atoms with Crippen LogP contribution >= 0.6 is 0 Å². The highest BCUT2D eigenvalue weighted by Crippen LogP contribution is 2.42. The number of hydrogen-bond donors (Lipinski definition) is 1. The zero-order valence-electron chi connectivity index (χ0n) is 32.7. The van der Waals surface area contributed by atoms with Crippen LogP contribution in [0.3, 0.4) is 0 Å². The summed E-state index contributed by atoms with van der Waals surface area (Å²) in [6.07, 6.45) is 18.4. The molecule has 0 aromatic heterocycles. The van der Waals surface area contributed by atoms with Crippen molar-refractivity contribution in [2.24, 2.45) is 50.7 Å². The molecule has 0 bridgehead atoms. The van der Waals surface area contributed by atoms with E-state index in [1.54, 1.807) is 0 Å². The van der Waals surface area contributed by atoms with E-state index in [0.29, 0.717) is 21.7 Å². The lowest BCUT2D eigenvalue weighted by Crippen LogP contribution is -2.30. The van der Waals surface area contributed by atoms with E-state index in [1.807, 2.05) is 0 Å². The average molecular weight is 593 g/mol. The molecule has 1 nitrogen and oxygen atoms in total. The van der Waals surface area contributed by atoms with Crippen LogP contribution in [0.25, 0.3) is 0 Å². The summed E-state index contributed by atoms with van der Waals surface area (Å²) >= 11 is 0. The van der Waals surface area contributed by atoms with Crippen molar-refractivity contribution in [2.75, 3.05) is 0 Å². The van der Waals surface area contributed by atoms with Gasteiger partial charge in [-0.25, -0.2) is 0 Å². The van der Waals surface area contributed by atoms with Gasteiger partial charge in [0, 0.05) is 0 Å². The molecule has 1 N–H and O–H groups in total. The molecular formula is C41H84O. The number of aliphatic hydroxyl groups is 1. The van der Waals surface area contributed by atoms with Gasteiger partial charge in [-0.1, -0.05) is 169 Å². The normalized spacial score (nSPS) is 27.0. The Morgan fingerprint density at radius 1 is 0.476 bits per heavy atom. The van der Waals surface area contributed by atoms with E-state index in [2.05, 4.69) is 118 Å². The Labute approximate surface area is 268 Å². The van der Waals surface area contributed by atoms with Gasteiger partial charge in [-0.3, -0.25) is 0 Å². The first-order valence-corrected chi connectivity index (χ1v) is 18.4. The molecule has 3 fully saturated rings. The molecule has 0 aromatic carbocycles. The summed E-state index contributed by atoms with van der Waals surface area (Å²) in [5.41, 5.74) is 2.01.